The Hall–Kier alpha value is -0.490. The van der Waals surface area contributed by atoms with Crippen LogP contribution in [0.15, 0.2) is 11.6 Å². The number of aromatic nitrogens is 1. The van der Waals surface area contributed by atoms with Crippen molar-refractivity contribution >= 4 is 11.3 Å². The Balaban J connectivity index is 1.88. The first-order valence-electron chi connectivity index (χ1n) is 5.06. The van der Waals surface area contributed by atoms with Gasteiger partial charge in [-0.1, -0.05) is 0 Å². The van der Waals surface area contributed by atoms with E-state index in [0.29, 0.717) is 13.0 Å². The summed E-state index contributed by atoms with van der Waals surface area (Å²) in [6.07, 6.45) is 1.88. The molecule has 0 radical (unpaired) electrons. The van der Waals surface area contributed by atoms with Crippen LogP contribution in [0, 0.1) is 0 Å². The van der Waals surface area contributed by atoms with Gasteiger partial charge in [-0.25, -0.2) is 4.98 Å². The van der Waals surface area contributed by atoms with Crippen LogP contribution >= 0.6 is 11.3 Å². The quantitative estimate of drug-likeness (QED) is 0.818. The van der Waals surface area contributed by atoms with E-state index in [2.05, 4.69) is 10.3 Å². The highest BCUT2D eigenvalue weighted by atomic mass is 32.1. The van der Waals surface area contributed by atoms with E-state index in [4.69, 9.17) is 4.74 Å². The van der Waals surface area contributed by atoms with Gasteiger partial charge >= 0.3 is 0 Å². The predicted molar refractivity (Wildman–Crippen MR) is 58.6 cm³/mol. The van der Waals surface area contributed by atoms with Gasteiger partial charge in [0.2, 0.25) is 0 Å². The van der Waals surface area contributed by atoms with Gasteiger partial charge in [0.25, 0.3) is 0 Å². The van der Waals surface area contributed by atoms with Crippen LogP contribution in [0.3, 0.4) is 0 Å². The number of aliphatic hydroxyl groups excluding tert-OH is 1. The Kier molecular flexibility index (Phi) is 3.06. The molecule has 0 spiro atoms. The zero-order valence-electron chi connectivity index (χ0n) is 8.93. The van der Waals surface area contributed by atoms with E-state index >= 15 is 0 Å². The SMILES string of the molecule is CC1(C)N[C@@H](C[C@H](O)c2nccs2)CO1. The predicted octanol–water partition coefficient (Wildman–Crippen LogP) is 1.29. The third-order valence-corrected chi connectivity index (χ3v) is 3.32. The largest absolute Gasteiger partial charge is 0.386 e. The van der Waals surface area contributed by atoms with Crippen LogP contribution in [-0.2, 0) is 4.74 Å². The first-order chi connectivity index (χ1) is 7.07. The molecule has 5 heteroatoms. The van der Waals surface area contributed by atoms with Crippen molar-refractivity contribution in [3.63, 3.8) is 0 Å². The second-order valence-corrected chi connectivity index (χ2v) is 5.21. The molecule has 2 rings (SSSR count). The molecule has 1 aromatic heterocycles. The molecule has 2 heterocycles. The molecule has 0 saturated carbocycles. The third-order valence-electron chi connectivity index (χ3n) is 2.44. The summed E-state index contributed by atoms with van der Waals surface area (Å²) in [5.74, 6) is 0. The van der Waals surface area contributed by atoms with Crippen molar-refractivity contribution in [2.45, 2.75) is 38.1 Å². The Labute approximate surface area is 93.3 Å². The third kappa shape index (κ3) is 2.75. The minimum Gasteiger partial charge on any atom is -0.386 e. The molecule has 2 N–H and O–H groups in total. The first-order valence-corrected chi connectivity index (χ1v) is 5.94. The van der Waals surface area contributed by atoms with Crippen molar-refractivity contribution in [1.82, 2.24) is 10.3 Å². The second-order valence-electron chi connectivity index (χ2n) is 4.28. The number of nitrogens with one attached hydrogen (secondary N) is 1. The van der Waals surface area contributed by atoms with Crippen LogP contribution in [0.4, 0.5) is 0 Å². The van der Waals surface area contributed by atoms with Gasteiger partial charge in [0, 0.05) is 17.6 Å². The fourth-order valence-electron chi connectivity index (χ4n) is 1.78. The Morgan fingerprint density at radius 2 is 2.60 bits per heavy atom. The maximum Gasteiger partial charge on any atom is 0.121 e. The number of ether oxygens (including phenoxy) is 1. The summed E-state index contributed by atoms with van der Waals surface area (Å²) in [6, 6.07) is 0.207. The van der Waals surface area contributed by atoms with Gasteiger partial charge in [-0.3, -0.25) is 5.32 Å². The van der Waals surface area contributed by atoms with E-state index in [-0.39, 0.29) is 11.8 Å². The van der Waals surface area contributed by atoms with Crippen LogP contribution in [0.5, 0.6) is 0 Å². The van der Waals surface area contributed by atoms with Gasteiger partial charge < -0.3 is 9.84 Å². The summed E-state index contributed by atoms with van der Waals surface area (Å²) < 4.78 is 5.53. The van der Waals surface area contributed by atoms with Gasteiger partial charge in [0.05, 0.1) is 6.61 Å². The van der Waals surface area contributed by atoms with Crippen LogP contribution in [0.2, 0.25) is 0 Å². The molecular formula is C10H16N2O2S. The summed E-state index contributed by atoms with van der Waals surface area (Å²) in [4.78, 5) is 4.09. The average Bonchev–Trinajstić information content (AvgIpc) is 2.74. The van der Waals surface area contributed by atoms with E-state index in [1.165, 1.54) is 11.3 Å². The van der Waals surface area contributed by atoms with Crippen molar-refractivity contribution < 1.29 is 9.84 Å². The highest BCUT2D eigenvalue weighted by Gasteiger charge is 2.32. The fourth-order valence-corrected chi connectivity index (χ4v) is 2.42. The van der Waals surface area contributed by atoms with E-state index in [1.54, 1.807) is 6.20 Å². The molecule has 1 aromatic rings. The van der Waals surface area contributed by atoms with E-state index < -0.39 is 6.10 Å². The number of hydrogen-bond acceptors (Lipinski definition) is 5. The second kappa shape index (κ2) is 4.17. The summed E-state index contributed by atoms with van der Waals surface area (Å²) in [5.41, 5.74) is -0.271. The summed E-state index contributed by atoms with van der Waals surface area (Å²) >= 11 is 1.48. The first kappa shape index (κ1) is 11.0. The monoisotopic (exact) mass is 228 g/mol. The molecule has 0 unspecified atom stereocenters. The summed E-state index contributed by atoms with van der Waals surface area (Å²) in [7, 11) is 0. The normalized spacial score (nSPS) is 26.7. The molecule has 0 bridgehead atoms. The van der Waals surface area contributed by atoms with Crippen LogP contribution in [-0.4, -0.2) is 28.5 Å². The lowest BCUT2D eigenvalue weighted by atomic mass is 10.1. The lowest BCUT2D eigenvalue weighted by molar-refractivity contribution is 0.0229. The van der Waals surface area contributed by atoms with Crippen molar-refractivity contribution in [2.24, 2.45) is 0 Å². The topological polar surface area (TPSA) is 54.4 Å². The molecule has 1 aliphatic heterocycles. The highest BCUT2D eigenvalue weighted by Crippen LogP contribution is 2.24. The number of aliphatic hydroxyl groups is 1. The molecule has 0 aliphatic carbocycles. The lowest BCUT2D eigenvalue weighted by Crippen LogP contribution is -2.38. The van der Waals surface area contributed by atoms with Crippen molar-refractivity contribution in [2.75, 3.05) is 6.61 Å². The Bertz CT molecular complexity index is 313. The molecule has 0 amide bonds. The fraction of sp³-hybridized carbons (Fsp3) is 0.700. The van der Waals surface area contributed by atoms with E-state index in [1.807, 2.05) is 19.2 Å². The number of hydrogen-bond donors (Lipinski definition) is 2. The van der Waals surface area contributed by atoms with Crippen LogP contribution < -0.4 is 5.32 Å². The van der Waals surface area contributed by atoms with Crippen molar-refractivity contribution in [1.29, 1.82) is 0 Å². The molecule has 1 fully saturated rings. The van der Waals surface area contributed by atoms with Gasteiger partial charge in [-0.05, 0) is 20.3 Å². The zero-order valence-corrected chi connectivity index (χ0v) is 9.75. The summed E-state index contributed by atoms with van der Waals surface area (Å²) in [5, 5.41) is 15.9. The molecular weight excluding hydrogens is 212 g/mol. The Morgan fingerprint density at radius 1 is 1.80 bits per heavy atom. The average molecular weight is 228 g/mol. The van der Waals surface area contributed by atoms with Crippen LogP contribution in [0.25, 0.3) is 0 Å². The van der Waals surface area contributed by atoms with Crippen molar-refractivity contribution in [3.8, 4) is 0 Å². The number of rotatable bonds is 3. The standard InChI is InChI=1S/C10H16N2O2S/c1-10(2)12-7(6-14-10)5-8(13)9-11-3-4-15-9/h3-4,7-8,12-13H,5-6H2,1-2H3/t7-,8-/m0/s1. The number of nitrogens with zero attached hydrogens (tertiary/aromatic N) is 1. The van der Waals surface area contributed by atoms with Gasteiger partial charge in [0.1, 0.15) is 16.8 Å². The minimum atomic E-state index is -0.486. The lowest BCUT2D eigenvalue weighted by Gasteiger charge is -2.19. The molecule has 2 atom stereocenters. The smallest absolute Gasteiger partial charge is 0.121 e. The molecule has 1 aliphatic rings. The van der Waals surface area contributed by atoms with E-state index in [0.717, 1.165) is 5.01 Å². The minimum absolute atomic E-state index is 0.207. The summed E-state index contributed by atoms with van der Waals surface area (Å²) in [6.45, 7) is 4.63. The maximum atomic E-state index is 9.89. The zero-order chi connectivity index (χ0) is 10.9. The van der Waals surface area contributed by atoms with Crippen LogP contribution in [0.1, 0.15) is 31.4 Å². The van der Waals surface area contributed by atoms with E-state index in [9.17, 15) is 5.11 Å². The molecule has 4 nitrogen and oxygen atoms in total. The number of thiazole rings is 1. The molecule has 0 aromatic carbocycles. The molecule has 15 heavy (non-hydrogen) atoms. The van der Waals surface area contributed by atoms with Gasteiger partial charge in [-0.15, -0.1) is 11.3 Å². The van der Waals surface area contributed by atoms with Gasteiger partial charge in [-0.2, -0.15) is 0 Å². The maximum absolute atomic E-state index is 9.89. The van der Waals surface area contributed by atoms with Gasteiger partial charge in [0.15, 0.2) is 0 Å². The molecule has 84 valence electrons. The highest BCUT2D eigenvalue weighted by molar-refractivity contribution is 7.09. The van der Waals surface area contributed by atoms with Crippen molar-refractivity contribution in [3.05, 3.63) is 16.6 Å². The Morgan fingerprint density at radius 3 is 3.13 bits per heavy atom. The molecule has 1 saturated heterocycles.